The first kappa shape index (κ1) is 11.7. The minimum atomic E-state index is 0.0916. The molecule has 0 aliphatic heterocycles. The highest BCUT2D eigenvalue weighted by Gasteiger charge is 2.08. The molecule has 0 amide bonds. The van der Waals surface area contributed by atoms with E-state index in [9.17, 15) is 4.79 Å². The first-order valence-electron chi connectivity index (χ1n) is 6.00. The minimum Gasteiger partial charge on any atom is -0.388 e. The molecule has 0 aliphatic rings. The van der Waals surface area contributed by atoms with E-state index in [4.69, 9.17) is 0 Å². The summed E-state index contributed by atoms with van der Waals surface area (Å²) in [6.45, 7) is 4.15. The Kier molecular flexibility index (Phi) is 3.18. The van der Waals surface area contributed by atoms with Crippen molar-refractivity contribution in [1.29, 1.82) is 0 Å². The van der Waals surface area contributed by atoms with Gasteiger partial charge in [0.25, 0.3) is 5.56 Å². The standard InChI is InChI=1S/C14H18N2O/c1-4-10(2)16-9-8-11-12(14(16)17)6-5-7-13(11)15-3/h5-10,15H,4H2,1-3H3/t10-/m1/s1. The fraction of sp³-hybridized carbons (Fsp3) is 0.357. The zero-order valence-corrected chi connectivity index (χ0v) is 10.5. The lowest BCUT2D eigenvalue weighted by Crippen LogP contribution is -2.22. The van der Waals surface area contributed by atoms with Gasteiger partial charge in [0.2, 0.25) is 0 Å². The summed E-state index contributed by atoms with van der Waals surface area (Å²) >= 11 is 0. The van der Waals surface area contributed by atoms with E-state index in [0.717, 1.165) is 22.9 Å². The van der Waals surface area contributed by atoms with Crippen molar-refractivity contribution in [3.8, 4) is 0 Å². The number of benzene rings is 1. The molecule has 1 heterocycles. The van der Waals surface area contributed by atoms with Crippen LogP contribution in [0.1, 0.15) is 26.3 Å². The van der Waals surface area contributed by atoms with Gasteiger partial charge in [-0.2, -0.15) is 0 Å². The van der Waals surface area contributed by atoms with E-state index in [1.54, 1.807) is 0 Å². The van der Waals surface area contributed by atoms with Crippen LogP contribution in [0.5, 0.6) is 0 Å². The number of hydrogen-bond donors (Lipinski definition) is 1. The van der Waals surface area contributed by atoms with Crippen LogP contribution in [0.3, 0.4) is 0 Å². The Hall–Kier alpha value is -1.77. The summed E-state index contributed by atoms with van der Waals surface area (Å²) in [7, 11) is 1.87. The molecule has 0 spiro atoms. The van der Waals surface area contributed by atoms with Crippen LogP contribution in [-0.4, -0.2) is 11.6 Å². The molecule has 0 saturated heterocycles. The largest absolute Gasteiger partial charge is 0.388 e. The molecular weight excluding hydrogens is 212 g/mol. The molecule has 1 N–H and O–H groups in total. The van der Waals surface area contributed by atoms with Crippen LogP contribution < -0.4 is 10.9 Å². The van der Waals surface area contributed by atoms with Gasteiger partial charge in [-0.25, -0.2) is 0 Å². The molecule has 0 unspecified atom stereocenters. The van der Waals surface area contributed by atoms with Crippen molar-refractivity contribution >= 4 is 16.5 Å². The fourth-order valence-electron chi connectivity index (χ4n) is 2.05. The molecule has 0 radical (unpaired) electrons. The third kappa shape index (κ3) is 1.93. The smallest absolute Gasteiger partial charge is 0.258 e. The van der Waals surface area contributed by atoms with Gasteiger partial charge in [0.15, 0.2) is 0 Å². The zero-order chi connectivity index (χ0) is 12.4. The first-order valence-corrected chi connectivity index (χ1v) is 6.00. The number of nitrogens with zero attached hydrogens (tertiary/aromatic N) is 1. The number of nitrogens with one attached hydrogen (secondary N) is 1. The van der Waals surface area contributed by atoms with Gasteiger partial charge in [-0.05, 0) is 31.5 Å². The van der Waals surface area contributed by atoms with Gasteiger partial charge in [-0.3, -0.25) is 4.79 Å². The lowest BCUT2D eigenvalue weighted by molar-refractivity contribution is 0.517. The van der Waals surface area contributed by atoms with Gasteiger partial charge >= 0.3 is 0 Å². The van der Waals surface area contributed by atoms with E-state index in [0.29, 0.717) is 0 Å². The van der Waals surface area contributed by atoms with Crippen molar-refractivity contribution in [3.63, 3.8) is 0 Å². The third-order valence-corrected chi connectivity index (χ3v) is 3.31. The highest BCUT2D eigenvalue weighted by atomic mass is 16.1. The van der Waals surface area contributed by atoms with Gasteiger partial charge in [0, 0.05) is 35.7 Å². The second-order valence-corrected chi connectivity index (χ2v) is 4.30. The number of rotatable bonds is 3. The predicted octanol–water partition coefficient (Wildman–Crippen LogP) is 3.01. The molecule has 3 nitrogen and oxygen atoms in total. The van der Waals surface area contributed by atoms with Crippen molar-refractivity contribution in [2.45, 2.75) is 26.3 Å². The molecule has 0 bridgehead atoms. The second kappa shape index (κ2) is 4.62. The Morgan fingerprint density at radius 2 is 2.06 bits per heavy atom. The number of anilines is 1. The summed E-state index contributed by atoms with van der Waals surface area (Å²) in [5.41, 5.74) is 1.09. The van der Waals surface area contributed by atoms with Gasteiger partial charge in [0.05, 0.1) is 0 Å². The Balaban J connectivity index is 2.73. The van der Waals surface area contributed by atoms with Crippen molar-refractivity contribution in [3.05, 3.63) is 40.8 Å². The minimum absolute atomic E-state index is 0.0916. The molecule has 2 aromatic rings. The van der Waals surface area contributed by atoms with Crippen LogP contribution in [0.4, 0.5) is 5.69 Å². The molecule has 3 heteroatoms. The molecule has 1 aromatic heterocycles. The third-order valence-electron chi connectivity index (χ3n) is 3.31. The molecular formula is C14H18N2O. The number of pyridine rings is 1. The van der Waals surface area contributed by atoms with Crippen molar-refractivity contribution in [1.82, 2.24) is 4.57 Å². The van der Waals surface area contributed by atoms with Crippen molar-refractivity contribution in [2.75, 3.05) is 12.4 Å². The van der Waals surface area contributed by atoms with Crippen LogP contribution in [0.2, 0.25) is 0 Å². The Morgan fingerprint density at radius 3 is 2.71 bits per heavy atom. The average Bonchev–Trinajstić information content (AvgIpc) is 2.38. The summed E-state index contributed by atoms with van der Waals surface area (Å²) in [6, 6.07) is 8.03. The summed E-state index contributed by atoms with van der Waals surface area (Å²) in [5, 5.41) is 4.87. The SMILES string of the molecule is CC[C@@H](C)n1ccc2c(NC)cccc2c1=O. The molecule has 1 atom stereocenters. The van der Waals surface area contributed by atoms with E-state index in [-0.39, 0.29) is 11.6 Å². The van der Waals surface area contributed by atoms with E-state index >= 15 is 0 Å². The molecule has 17 heavy (non-hydrogen) atoms. The van der Waals surface area contributed by atoms with Gasteiger partial charge in [-0.15, -0.1) is 0 Å². The predicted molar refractivity (Wildman–Crippen MR) is 72.8 cm³/mol. The monoisotopic (exact) mass is 230 g/mol. The molecule has 2 rings (SSSR count). The maximum absolute atomic E-state index is 12.3. The fourth-order valence-corrected chi connectivity index (χ4v) is 2.05. The zero-order valence-electron chi connectivity index (χ0n) is 10.5. The normalized spacial score (nSPS) is 12.6. The van der Waals surface area contributed by atoms with Crippen LogP contribution in [0.15, 0.2) is 35.3 Å². The van der Waals surface area contributed by atoms with Crippen LogP contribution in [0, 0.1) is 0 Å². The highest BCUT2D eigenvalue weighted by Crippen LogP contribution is 2.21. The number of hydrogen-bond acceptors (Lipinski definition) is 2. The van der Waals surface area contributed by atoms with Crippen LogP contribution >= 0.6 is 0 Å². The van der Waals surface area contributed by atoms with Crippen molar-refractivity contribution < 1.29 is 0 Å². The highest BCUT2D eigenvalue weighted by molar-refractivity contribution is 5.93. The first-order chi connectivity index (χ1) is 8.19. The topological polar surface area (TPSA) is 34.0 Å². The van der Waals surface area contributed by atoms with Gasteiger partial charge in [0.1, 0.15) is 0 Å². The Morgan fingerprint density at radius 1 is 1.29 bits per heavy atom. The van der Waals surface area contributed by atoms with E-state index in [2.05, 4.69) is 19.2 Å². The second-order valence-electron chi connectivity index (χ2n) is 4.30. The van der Waals surface area contributed by atoms with Crippen molar-refractivity contribution in [2.24, 2.45) is 0 Å². The number of fused-ring (bicyclic) bond motifs is 1. The average molecular weight is 230 g/mol. The molecule has 90 valence electrons. The summed E-state index contributed by atoms with van der Waals surface area (Å²) < 4.78 is 1.81. The summed E-state index contributed by atoms with van der Waals surface area (Å²) in [6.07, 6.45) is 2.84. The lowest BCUT2D eigenvalue weighted by Gasteiger charge is -2.14. The lowest BCUT2D eigenvalue weighted by atomic mass is 10.1. The molecule has 0 fully saturated rings. The quantitative estimate of drug-likeness (QED) is 0.879. The van der Waals surface area contributed by atoms with E-state index in [1.165, 1.54) is 0 Å². The Labute approximate surface area is 101 Å². The van der Waals surface area contributed by atoms with Gasteiger partial charge < -0.3 is 9.88 Å². The Bertz CT molecular complexity index is 586. The maximum Gasteiger partial charge on any atom is 0.258 e. The number of aromatic nitrogens is 1. The van der Waals surface area contributed by atoms with Crippen LogP contribution in [0.25, 0.3) is 10.8 Å². The van der Waals surface area contributed by atoms with Gasteiger partial charge in [-0.1, -0.05) is 13.0 Å². The summed E-state index contributed by atoms with van der Waals surface area (Å²) in [4.78, 5) is 12.3. The molecule has 1 aromatic carbocycles. The molecule has 0 saturated carbocycles. The van der Waals surface area contributed by atoms with Crippen LogP contribution in [-0.2, 0) is 0 Å². The molecule has 0 aliphatic carbocycles. The van der Waals surface area contributed by atoms with E-state index in [1.807, 2.05) is 42.1 Å². The maximum atomic E-state index is 12.3. The summed E-state index contributed by atoms with van der Waals surface area (Å²) in [5.74, 6) is 0. The van der Waals surface area contributed by atoms with E-state index < -0.39 is 0 Å².